The van der Waals surface area contributed by atoms with Crippen LogP contribution in [0.1, 0.15) is 109 Å². The van der Waals surface area contributed by atoms with Gasteiger partial charge in [-0.2, -0.15) is 0 Å². The van der Waals surface area contributed by atoms with Gasteiger partial charge in [-0.15, -0.1) is 11.8 Å². The molecular weight excluding hydrogens is 723 g/mol. The largest absolute Gasteiger partial charge is 0.279 e. The Balaban J connectivity index is 0.866. The van der Waals surface area contributed by atoms with Crippen molar-refractivity contribution >= 4 is 17.3 Å². The second-order valence-electron chi connectivity index (χ2n) is 18.4. The van der Waals surface area contributed by atoms with Crippen LogP contribution in [0.4, 0.5) is 0 Å². The first kappa shape index (κ1) is 35.3. The quantitative estimate of drug-likeness (QED) is 0.170. The van der Waals surface area contributed by atoms with Crippen LogP contribution in [0.15, 0.2) is 168 Å². The van der Waals surface area contributed by atoms with Gasteiger partial charge in [0.1, 0.15) is 0 Å². The molecule has 12 rings (SSSR count). The molecule has 2 fully saturated rings. The zero-order valence-electron chi connectivity index (χ0n) is 33.4. The summed E-state index contributed by atoms with van der Waals surface area (Å²) < 4.78 is 0. The minimum absolute atomic E-state index is 0.0153. The van der Waals surface area contributed by atoms with E-state index in [0.717, 1.165) is 0 Å². The molecule has 1 saturated carbocycles. The summed E-state index contributed by atoms with van der Waals surface area (Å²) >= 11 is 2.03. The van der Waals surface area contributed by atoms with Crippen molar-refractivity contribution in [3.8, 4) is 11.1 Å². The van der Waals surface area contributed by atoms with E-state index in [1.165, 1.54) is 92.7 Å². The van der Waals surface area contributed by atoms with Crippen molar-refractivity contribution in [3.05, 3.63) is 202 Å². The van der Waals surface area contributed by atoms with Crippen molar-refractivity contribution in [1.29, 1.82) is 0 Å². The fourth-order valence-corrected chi connectivity index (χ4v) is 13.7. The highest BCUT2D eigenvalue weighted by Gasteiger charge is 2.54. The van der Waals surface area contributed by atoms with Gasteiger partial charge in [-0.25, -0.2) is 0 Å². The molecule has 2 heterocycles. The molecule has 6 atom stereocenters. The Morgan fingerprint density at radius 3 is 2.03 bits per heavy atom. The van der Waals surface area contributed by atoms with E-state index in [2.05, 4.69) is 182 Å². The smallest absolute Gasteiger partial charge is 0.0864 e. The Morgan fingerprint density at radius 2 is 1.28 bits per heavy atom. The van der Waals surface area contributed by atoms with E-state index >= 15 is 0 Å². The van der Waals surface area contributed by atoms with Gasteiger partial charge in [-0.1, -0.05) is 167 Å². The average Bonchev–Trinajstić information content (AvgIpc) is 3.86. The van der Waals surface area contributed by atoms with E-state index in [1.807, 2.05) is 11.8 Å². The van der Waals surface area contributed by atoms with Gasteiger partial charge in [-0.05, 0) is 104 Å². The second-order valence-corrected chi connectivity index (χ2v) is 19.6. The first-order chi connectivity index (χ1) is 28.5. The highest BCUT2D eigenvalue weighted by molar-refractivity contribution is 8.00. The maximum atomic E-state index is 3.96. The third kappa shape index (κ3) is 5.31. The van der Waals surface area contributed by atoms with Crippen molar-refractivity contribution in [1.82, 2.24) is 16.0 Å². The standard InChI is InChI=1S/C54H51N3S/c1-53(2)44-25-23-35(29-40(44)42-32-47-41(31-46(42)53)37-19-10-11-22-45(37)54(47)27-12-5-13-28-54)36-24-26-48-43(30-36)38-20-14-21-39(49(38)58-48)52-56-50(33-15-6-3-7-16-33)55-51(57-52)34-17-8-4-9-18-34/h3-4,6-11,14-26,29-32,38,41,47,49-52,55-57H,5,12-13,27-28H2,1-2H3. The summed E-state index contributed by atoms with van der Waals surface area (Å²) in [6.07, 6.45) is 19.3. The predicted octanol–water partition coefficient (Wildman–Crippen LogP) is 12.1. The fourth-order valence-electron chi connectivity index (χ4n) is 12.3. The Morgan fingerprint density at radius 1 is 0.603 bits per heavy atom. The lowest BCUT2D eigenvalue weighted by molar-refractivity contribution is 0.219. The van der Waals surface area contributed by atoms with Crippen LogP contribution in [0.3, 0.4) is 0 Å². The lowest BCUT2D eigenvalue weighted by Gasteiger charge is -2.42. The van der Waals surface area contributed by atoms with Gasteiger partial charge in [-0.3, -0.25) is 16.0 Å². The Kier molecular flexibility index (Phi) is 8.15. The molecule has 7 aliphatic rings. The average molecular weight is 774 g/mol. The van der Waals surface area contributed by atoms with Crippen molar-refractivity contribution in [2.75, 3.05) is 0 Å². The number of nitrogens with one attached hydrogen (secondary N) is 3. The number of thioether (sulfide) groups is 1. The van der Waals surface area contributed by atoms with E-state index in [0.29, 0.717) is 23.0 Å². The number of hydrogen-bond donors (Lipinski definition) is 3. The molecular formula is C54H51N3S. The Labute approximate surface area is 347 Å². The first-order valence-electron chi connectivity index (χ1n) is 21.7. The molecule has 58 heavy (non-hydrogen) atoms. The van der Waals surface area contributed by atoms with E-state index < -0.39 is 0 Å². The molecule has 6 unspecified atom stereocenters. The molecule has 3 nitrogen and oxygen atoms in total. The van der Waals surface area contributed by atoms with Crippen LogP contribution in [0, 0.1) is 5.92 Å². The van der Waals surface area contributed by atoms with Crippen LogP contribution >= 0.6 is 11.8 Å². The monoisotopic (exact) mass is 773 g/mol. The molecule has 0 radical (unpaired) electrons. The lowest BCUT2D eigenvalue weighted by atomic mass is 9.62. The van der Waals surface area contributed by atoms with Gasteiger partial charge < -0.3 is 0 Å². The second kappa shape index (κ2) is 13.4. The molecule has 288 valence electrons. The lowest BCUT2D eigenvalue weighted by Crippen LogP contribution is -2.60. The summed E-state index contributed by atoms with van der Waals surface area (Å²) in [5.41, 5.74) is 17.5. The number of benzene rings is 5. The molecule has 3 N–H and O–H groups in total. The number of rotatable bonds is 4. The van der Waals surface area contributed by atoms with Crippen molar-refractivity contribution in [2.45, 2.75) is 97.3 Å². The van der Waals surface area contributed by atoms with Crippen molar-refractivity contribution in [2.24, 2.45) is 5.92 Å². The van der Waals surface area contributed by atoms with E-state index in [9.17, 15) is 0 Å². The van der Waals surface area contributed by atoms with E-state index in [1.54, 1.807) is 11.1 Å². The molecule has 0 amide bonds. The molecule has 5 aromatic rings. The number of allylic oxidation sites excluding steroid dienone is 7. The molecule has 5 aromatic carbocycles. The van der Waals surface area contributed by atoms with Crippen LogP contribution in [0.5, 0.6) is 0 Å². The van der Waals surface area contributed by atoms with Gasteiger partial charge in [0.15, 0.2) is 0 Å². The molecule has 5 aliphatic carbocycles. The highest BCUT2D eigenvalue weighted by Crippen LogP contribution is 2.64. The van der Waals surface area contributed by atoms with Crippen molar-refractivity contribution < 1.29 is 0 Å². The molecule has 0 aromatic heterocycles. The van der Waals surface area contributed by atoms with Crippen LogP contribution in [0.25, 0.3) is 16.7 Å². The van der Waals surface area contributed by atoms with Crippen LogP contribution in [0.2, 0.25) is 0 Å². The highest BCUT2D eigenvalue weighted by atomic mass is 32.2. The third-order valence-electron chi connectivity index (χ3n) is 15.1. The maximum Gasteiger partial charge on any atom is 0.0864 e. The molecule has 2 aliphatic heterocycles. The molecule has 0 bridgehead atoms. The predicted molar refractivity (Wildman–Crippen MR) is 240 cm³/mol. The maximum absolute atomic E-state index is 3.96. The minimum Gasteiger partial charge on any atom is -0.279 e. The SMILES string of the molecule is CC1(C)C2=CC3c4ccccc4C4(CCCCC4)C3C=C2c2cc(-c3ccc4c(c3)C3C=CC=C(C5NC(c6ccccc6)NC(c6ccccc6)N5)C3S4)ccc21. The molecule has 1 spiro atoms. The Hall–Kier alpha value is -4.71. The fraction of sp³-hybridized carbons (Fsp3) is 0.296. The molecule has 4 heteroatoms. The zero-order valence-corrected chi connectivity index (χ0v) is 34.2. The van der Waals surface area contributed by atoms with Crippen LogP contribution in [-0.2, 0) is 10.8 Å². The van der Waals surface area contributed by atoms with Gasteiger partial charge in [0, 0.05) is 32.8 Å². The third-order valence-corrected chi connectivity index (χ3v) is 16.5. The first-order valence-corrected chi connectivity index (χ1v) is 22.6. The van der Waals surface area contributed by atoms with E-state index in [4.69, 9.17) is 0 Å². The van der Waals surface area contributed by atoms with Gasteiger partial charge in [0.2, 0.25) is 0 Å². The topological polar surface area (TPSA) is 36.1 Å². The summed E-state index contributed by atoms with van der Waals surface area (Å²) in [6.45, 7) is 4.92. The summed E-state index contributed by atoms with van der Waals surface area (Å²) in [6, 6.07) is 45.8. The van der Waals surface area contributed by atoms with Crippen LogP contribution < -0.4 is 16.0 Å². The molecule has 1 saturated heterocycles. The van der Waals surface area contributed by atoms with Crippen LogP contribution in [-0.4, -0.2) is 11.4 Å². The van der Waals surface area contributed by atoms with Gasteiger partial charge in [0.05, 0.1) is 18.5 Å². The van der Waals surface area contributed by atoms with E-state index in [-0.39, 0.29) is 29.3 Å². The summed E-state index contributed by atoms with van der Waals surface area (Å²) in [5, 5.41) is 12.1. The van der Waals surface area contributed by atoms with Crippen molar-refractivity contribution in [3.63, 3.8) is 0 Å². The van der Waals surface area contributed by atoms with Gasteiger partial charge in [0.25, 0.3) is 0 Å². The normalized spacial score (nSPS) is 29.3. The van der Waals surface area contributed by atoms with Gasteiger partial charge >= 0.3 is 0 Å². The summed E-state index contributed by atoms with van der Waals surface area (Å²) in [4.78, 5) is 1.40. The number of hydrogen-bond acceptors (Lipinski definition) is 4. The minimum atomic E-state index is -0.0187. The number of fused-ring (bicyclic) bond motifs is 11. The summed E-state index contributed by atoms with van der Waals surface area (Å²) in [5.74, 6) is 1.34. The Bertz CT molecular complexity index is 2530. The summed E-state index contributed by atoms with van der Waals surface area (Å²) in [7, 11) is 0. The zero-order chi connectivity index (χ0) is 38.6.